The van der Waals surface area contributed by atoms with E-state index in [-0.39, 0.29) is 5.41 Å². The van der Waals surface area contributed by atoms with Gasteiger partial charge in [-0.1, -0.05) is 13.8 Å². The average molecular weight is 196 g/mol. The summed E-state index contributed by atoms with van der Waals surface area (Å²) in [5.41, 5.74) is 6.69. The molecule has 0 aliphatic heterocycles. The van der Waals surface area contributed by atoms with Crippen molar-refractivity contribution < 1.29 is 0 Å². The lowest BCUT2D eigenvalue weighted by molar-refractivity contribution is 0.318. The Kier molecular flexibility index (Phi) is 2.61. The quantitative estimate of drug-likeness (QED) is 0.679. The molecule has 0 spiro atoms. The van der Waals surface area contributed by atoms with Gasteiger partial charge in [0.05, 0.1) is 0 Å². The minimum atomic E-state index is 0.264. The monoisotopic (exact) mass is 196 g/mol. The van der Waals surface area contributed by atoms with E-state index in [0.29, 0.717) is 0 Å². The Bertz CT molecular complexity index is 202. The lowest BCUT2D eigenvalue weighted by Crippen LogP contribution is -2.38. The highest BCUT2D eigenvalue weighted by atomic mass is 14.9. The second kappa shape index (κ2) is 3.49. The van der Waals surface area contributed by atoms with Gasteiger partial charge in [-0.3, -0.25) is 0 Å². The molecule has 0 saturated heterocycles. The molecule has 2 rings (SSSR count). The van der Waals surface area contributed by atoms with Gasteiger partial charge in [0.1, 0.15) is 0 Å². The largest absolute Gasteiger partial charge is 0.330 e. The fourth-order valence-electron chi connectivity index (χ4n) is 2.31. The van der Waals surface area contributed by atoms with E-state index >= 15 is 0 Å². The second-order valence-electron chi connectivity index (χ2n) is 6.11. The van der Waals surface area contributed by atoms with Crippen LogP contribution in [-0.2, 0) is 0 Å². The first-order valence-electron chi connectivity index (χ1n) is 5.99. The van der Waals surface area contributed by atoms with E-state index in [1.54, 1.807) is 0 Å². The molecule has 0 atom stereocenters. The fourth-order valence-corrected chi connectivity index (χ4v) is 2.31. The lowest BCUT2D eigenvalue weighted by Gasteiger charge is -2.24. The average Bonchev–Trinajstić information content (AvgIpc) is 2.98. The van der Waals surface area contributed by atoms with Crippen LogP contribution in [0.1, 0.15) is 39.5 Å². The molecule has 0 radical (unpaired) electrons. The molecule has 3 N–H and O–H groups in total. The number of hydrogen-bond acceptors (Lipinski definition) is 2. The van der Waals surface area contributed by atoms with Crippen molar-refractivity contribution in [3.05, 3.63) is 0 Å². The summed E-state index contributed by atoms with van der Waals surface area (Å²) in [5.74, 6) is 1.07. The molecule has 0 amide bonds. The third-order valence-electron chi connectivity index (χ3n) is 3.97. The standard InChI is InChI=1S/C12H24N2/c1-11(2,7-13)8-14-9-12(5-6-12)10-3-4-10/h10,14H,3-9,13H2,1-2H3. The highest BCUT2D eigenvalue weighted by Gasteiger charge is 2.53. The maximum absolute atomic E-state index is 5.70. The Balaban J connectivity index is 1.67. The third-order valence-corrected chi connectivity index (χ3v) is 3.97. The zero-order chi connectivity index (χ0) is 10.2. The molecule has 14 heavy (non-hydrogen) atoms. The molecule has 2 heteroatoms. The van der Waals surface area contributed by atoms with Gasteiger partial charge in [-0.15, -0.1) is 0 Å². The smallest absolute Gasteiger partial charge is 0.00148 e. The van der Waals surface area contributed by atoms with Crippen LogP contribution in [0.5, 0.6) is 0 Å². The van der Waals surface area contributed by atoms with Crippen LogP contribution in [0.2, 0.25) is 0 Å². The van der Waals surface area contributed by atoms with E-state index in [4.69, 9.17) is 5.73 Å². The van der Waals surface area contributed by atoms with Gasteiger partial charge in [0, 0.05) is 13.1 Å². The van der Waals surface area contributed by atoms with Gasteiger partial charge in [-0.2, -0.15) is 0 Å². The summed E-state index contributed by atoms with van der Waals surface area (Å²) in [6.45, 7) is 7.54. The Morgan fingerprint density at radius 2 is 2.00 bits per heavy atom. The SMILES string of the molecule is CC(C)(CN)CNCC1(C2CC2)CC1. The molecule has 0 unspecified atom stereocenters. The first-order valence-corrected chi connectivity index (χ1v) is 5.99. The zero-order valence-corrected chi connectivity index (χ0v) is 9.60. The second-order valence-corrected chi connectivity index (χ2v) is 6.11. The minimum absolute atomic E-state index is 0.264. The molecule has 2 aliphatic rings. The molecule has 82 valence electrons. The Morgan fingerprint density at radius 3 is 2.43 bits per heavy atom. The fraction of sp³-hybridized carbons (Fsp3) is 1.00. The predicted molar refractivity (Wildman–Crippen MR) is 60.1 cm³/mol. The first-order chi connectivity index (χ1) is 6.58. The zero-order valence-electron chi connectivity index (χ0n) is 9.60. The van der Waals surface area contributed by atoms with E-state index in [9.17, 15) is 0 Å². The molecular formula is C12H24N2. The molecule has 2 nitrogen and oxygen atoms in total. The highest BCUT2D eigenvalue weighted by molar-refractivity contribution is 5.05. The van der Waals surface area contributed by atoms with E-state index in [1.165, 1.54) is 32.2 Å². The van der Waals surface area contributed by atoms with Crippen LogP contribution in [-0.4, -0.2) is 19.6 Å². The van der Waals surface area contributed by atoms with Crippen molar-refractivity contribution in [2.45, 2.75) is 39.5 Å². The topological polar surface area (TPSA) is 38.0 Å². The molecular weight excluding hydrogens is 172 g/mol. The van der Waals surface area contributed by atoms with E-state index in [0.717, 1.165) is 24.4 Å². The summed E-state index contributed by atoms with van der Waals surface area (Å²) in [4.78, 5) is 0. The van der Waals surface area contributed by atoms with Crippen LogP contribution in [0, 0.1) is 16.7 Å². The molecule has 0 heterocycles. The Morgan fingerprint density at radius 1 is 1.36 bits per heavy atom. The normalized spacial score (nSPS) is 25.1. The van der Waals surface area contributed by atoms with Gasteiger partial charge in [-0.25, -0.2) is 0 Å². The van der Waals surface area contributed by atoms with Crippen molar-refractivity contribution in [1.82, 2.24) is 5.32 Å². The van der Waals surface area contributed by atoms with Gasteiger partial charge in [0.2, 0.25) is 0 Å². The van der Waals surface area contributed by atoms with Crippen molar-refractivity contribution in [2.75, 3.05) is 19.6 Å². The maximum atomic E-state index is 5.70. The number of hydrogen-bond donors (Lipinski definition) is 2. The molecule has 2 fully saturated rings. The highest BCUT2D eigenvalue weighted by Crippen LogP contribution is 2.60. The lowest BCUT2D eigenvalue weighted by atomic mass is 9.93. The van der Waals surface area contributed by atoms with Crippen molar-refractivity contribution in [1.29, 1.82) is 0 Å². The van der Waals surface area contributed by atoms with E-state index in [2.05, 4.69) is 19.2 Å². The summed E-state index contributed by atoms with van der Waals surface area (Å²) in [7, 11) is 0. The summed E-state index contributed by atoms with van der Waals surface area (Å²) in [6, 6.07) is 0. The first kappa shape index (κ1) is 10.4. The van der Waals surface area contributed by atoms with Gasteiger partial charge in [0.25, 0.3) is 0 Å². The summed E-state index contributed by atoms with van der Waals surface area (Å²) >= 11 is 0. The van der Waals surface area contributed by atoms with Crippen molar-refractivity contribution in [3.63, 3.8) is 0 Å². The van der Waals surface area contributed by atoms with Gasteiger partial charge in [0.15, 0.2) is 0 Å². The third kappa shape index (κ3) is 2.29. The van der Waals surface area contributed by atoms with Crippen LogP contribution in [0.3, 0.4) is 0 Å². The Hall–Kier alpha value is -0.0800. The number of nitrogens with two attached hydrogens (primary N) is 1. The van der Waals surface area contributed by atoms with Crippen LogP contribution in [0.4, 0.5) is 0 Å². The summed E-state index contributed by atoms with van der Waals surface area (Å²) in [6.07, 6.45) is 5.91. The van der Waals surface area contributed by atoms with Crippen LogP contribution >= 0.6 is 0 Å². The minimum Gasteiger partial charge on any atom is -0.330 e. The van der Waals surface area contributed by atoms with Gasteiger partial charge < -0.3 is 11.1 Å². The van der Waals surface area contributed by atoms with Crippen molar-refractivity contribution >= 4 is 0 Å². The molecule has 2 saturated carbocycles. The van der Waals surface area contributed by atoms with E-state index in [1.807, 2.05) is 0 Å². The van der Waals surface area contributed by atoms with Crippen LogP contribution in [0.25, 0.3) is 0 Å². The van der Waals surface area contributed by atoms with Crippen LogP contribution in [0.15, 0.2) is 0 Å². The molecule has 0 aromatic heterocycles. The molecule has 2 aliphatic carbocycles. The van der Waals surface area contributed by atoms with Crippen molar-refractivity contribution in [3.8, 4) is 0 Å². The predicted octanol–water partition coefficient (Wildman–Crippen LogP) is 1.75. The van der Waals surface area contributed by atoms with E-state index < -0.39 is 0 Å². The number of nitrogens with one attached hydrogen (secondary N) is 1. The summed E-state index contributed by atoms with van der Waals surface area (Å²) < 4.78 is 0. The molecule has 0 bridgehead atoms. The Labute approximate surface area is 87.6 Å². The number of rotatable bonds is 6. The molecule has 0 aromatic rings. The summed E-state index contributed by atoms with van der Waals surface area (Å²) in [5, 5.41) is 3.62. The van der Waals surface area contributed by atoms with Crippen LogP contribution < -0.4 is 11.1 Å². The van der Waals surface area contributed by atoms with Crippen molar-refractivity contribution in [2.24, 2.45) is 22.5 Å². The van der Waals surface area contributed by atoms with Gasteiger partial charge in [-0.05, 0) is 49.0 Å². The van der Waals surface area contributed by atoms with Gasteiger partial charge >= 0.3 is 0 Å². The molecule has 0 aromatic carbocycles. The maximum Gasteiger partial charge on any atom is 0.00148 e.